The zero-order valence-corrected chi connectivity index (χ0v) is 12.6. The molecule has 1 aliphatic carbocycles. The predicted molar refractivity (Wildman–Crippen MR) is 75.9 cm³/mol. The Kier molecular flexibility index (Phi) is 3.12. The van der Waals surface area contributed by atoms with Crippen LogP contribution in [0.15, 0.2) is 11.5 Å². The van der Waals surface area contributed by atoms with Gasteiger partial charge in [0.05, 0.1) is 11.2 Å². The van der Waals surface area contributed by atoms with Crippen LogP contribution >= 0.6 is 0 Å². The highest BCUT2D eigenvalue weighted by molar-refractivity contribution is 6.51. The van der Waals surface area contributed by atoms with Gasteiger partial charge < -0.3 is 14.0 Å². The van der Waals surface area contributed by atoms with Crippen molar-refractivity contribution >= 4 is 7.12 Å². The second kappa shape index (κ2) is 4.34. The van der Waals surface area contributed by atoms with Crippen LogP contribution in [0.5, 0.6) is 0 Å². The highest BCUT2D eigenvalue weighted by Gasteiger charge is 2.51. The molecule has 0 amide bonds. The lowest BCUT2D eigenvalue weighted by Gasteiger charge is -2.46. The SMILES string of the molecule is CC1(C)OB(C=C2CC3(CCOCC3)C2)OC1(C)C. The van der Waals surface area contributed by atoms with E-state index in [4.69, 9.17) is 14.0 Å². The lowest BCUT2D eigenvalue weighted by molar-refractivity contribution is -0.00567. The Morgan fingerprint density at radius 1 is 0.947 bits per heavy atom. The van der Waals surface area contributed by atoms with E-state index >= 15 is 0 Å². The van der Waals surface area contributed by atoms with Crippen molar-refractivity contribution in [2.24, 2.45) is 5.41 Å². The molecule has 2 saturated heterocycles. The molecule has 0 unspecified atom stereocenters. The van der Waals surface area contributed by atoms with Gasteiger partial charge in [-0.1, -0.05) is 11.5 Å². The van der Waals surface area contributed by atoms with Crippen LogP contribution in [0.25, 0.3) is 0 Å². The van der Waals surface area contributed by atoms with Crippen molar-refractivity contribution in [3.63, 3.8) is 0 Å². The zero-order valence-electron chi connectivity index (χ0n) is 12.6. The minimum absolute atomic E-state index is 0.169. The van der Waals surface area contributed by atoms with Crippen molar-refractivity contribution in [3.05, 3.63) is 11.5 Å². The summed E-state index contributed by atoms with van der Waals surface area (Å²) in [4.78, 5) is 0. The molecule has 106 valence electrons. The van der Waals surface area contributed by atoms with E-state index in [9.17, 15) is 0 Å². The van der Waals surface area contributed by atoms with Gasteiger partial charge >= 0.3 is 7.12 Å². The Balaban J connectivity index is 1.60. The molecule has 19 heavy (non-hydrogen) atoms. The van der Waals surface area contributed by atoms with E-state index < -0.39 is 0 Å². The molecule has 0 aromatic carbocycles. The van der Waals surface area contributed by atoms with Gasteiger partial charge in [-0.3, -0.25) is 0 Å². The molecule has 0 N–H and O–H groups in total. The zero-order chi connectivity index (χ0) is 13.7. The monoisotopic (exact) mass is 264 g/mol. The molecular weight excluding hydrogens is 239 g/mol. The van der Waals surface area contributed by atoms with Crippen LogP contribution in [0.4, 0.5) is 0 Å². The maximum atomic E-state index is 6.02. The van der Waals surface area contributed by atoms with Crippen LogP contribution in [0, 0.1) is 5.41 Å². The van der Waals surface area contributed by atoms with Gasteiger partial charge in [-0.05, 0) is 58.8 Å². The summed E-state index contributed by atoms with van der Waals surface area (Å²) >= 11 is 0. The molecule has 0 radical (unpaired) electrons. The third-order valence-corrected chi connectivity index (χ3v) is 5.40. The molecule has 4 heteroatoms. The molecular formula is C15H25BO3. The van der Waals surface area contributed by atoms with Crippen LogP contribution in [0.2, 0.25) is 0 Å². The summed E-state index contributed by atoms with van der Waals surface area (Å²) in [6, 6.07) is 0. The summed E-state index contributed by atoms with van der Waals surface area (Å²) in [7, 11) is -0.169. The van der Waals surface area contributed by atoms with Gasteiger partial charge in [0.25, 0.3) is 0 Å². The van der Waals surface area contributed by atoms with Gasteiger partial charge in [-0.2, -0.15) is 0 Å². The molecule has 0 aromatic heterocycles. The van der Waals surface area contributed by atoms with E-state index in [0.29, 0.717) is 5.41 Å². The second-order valence-corrected chi connectivity index (χ2v) is 7.42. The molecule has 1 spiro atoms. The number of hydrogen-bond donors (Lipinski definition) is 0. The number of hydrogen-bond acceptors (Lipinski definition) is 3. The topological polar surface area (TPSA) is 27.7 Å². The summed E-state index contributed by atoms with van der Waals surface area (Å²) in [5.74, 6) is 2.21. The van der Waals surface area contributed by atoms with Gasteiger partial charge in [-0.25, -0.2) is 0 Å². The van der Waals surface area contributed by atoms with Gasteiger partial charge in [-0.15, -0.1) is 0 Å². The Hall–Kier alpha value is -0.315. The maximum Gasteiger partial charge on any atom is 0.487 e. The van der Waals surface area contributed by atoms with E-state index in [1.54, 1.807) is 0 Å². The fraction of sp³-hybridized carbons (Fsp3) is 0.867. The van der Waals surface area contributed by atoms with Crippen LogP contribution in [0.3, 0.4) is 0 Å². The highest BCUT2D eigenvalue weighted by atomic mass is 16.7. The molecule has 2 aliphatic heterocycles. The standard InChI is InChI=1S/C15H25BO3/c1-13(2)14(3,4)19-16(18-13)11-12-9-15(10-12)5-7-17-8-6-15/h11H,5-10H2,1-4H3. The third kappa shape index (κ3) is 2.39. The lowest BCUT2D eigenvalue weighted by atomic mass is 9.59. The Labute approximate surface area is 116 Å². The number of allylic oxidation sites excluding steroid dienone is 1. The molecule has 0 bridgehead atoms. The molecule has 0 atom stereocenters. The van der Waals surface area contributed by atoms with Gasteiger partial charge in [0.15, 0.2) is 0 Å². The van der Waals surface area contributed by atoms with Crippen molar-refractivity contribution in [2.75, 3.05) is 13.2 Å². The second-order valence-electron chi connectivity index (χ2n) is 7.42. The van der Waals surface area contributed by atoms with Crippen LogP contribution < -0.4 is 0 Å². The quantitative estimate of drug-likeness (QED) is 0.681. The summed E-state index contributed by atoms with van der Waals surface area (Å²) in [5.41, 5.74) is 1.58. The van der Waals surface area contributed by atoms with Crippen molar-refractivity contribution in [1.29, 1.82) is 0 Å². The van der Waals surface area contributed by atoms with Crippen LogP contribution in [-0.2, 0) is 14.0 Å². The first kappa shape index (κ1) is 13.7. The van der Waals surface area contributed by atoms with Gasteiger partial charge in [0, 0.05) is 13.2 Å². The molecule has 1 saturated carbocycles. The highest BCUT2D eigenvalue weighted by Crippen LogP contribution is 2.52. The fourth-order valence-electron chi connectivity index (χ4n) is 3.34. The Morgan fingerprint density at radius 3 is 2.00 bits per heavy atom. The minimum Gasteiger partial charge on any atom is -0.400 e. The maximum absolute atomic E-state index is 6.02. The van der Waals surface area contributed by atoms with Crippen LogP contribution in [-0.4, -0.2) is 31.5 Å². The van der Waals surface area contributed by atoms with Gasteiger partial charge in [0.2, 0.25) is 0 Å². The summed E-state index contributed by atoms with van der Waals surface area (Å²) < 4.78 is 17.5. The summed E-state index contributed by atoms with van der Waals surface area (Å²) in [6.07, 6.45) is 4.85. The average molecular weight is 264 g/mol. The third-order valence-electron chi connectivity index (χ3n) is 5.40. The first-order valence-electron chi connectivity index (χ1n) is 7.45. The molecule has 3 fully saturated rings. The normalized spacial score (nSPS) is 31.4. The predicted octanol–water partition coefficient (Wildman–Crippen LogP) is 3.13. The number of rotatable bonds is 1. The van der Waals surface area contributed by atoms with E-state index in [2.05, 4.69) is 33.7 Å². The van der Waals surface area contributed by atoms with Crippen molar-refractivity contribution in [3.8, 4) is 0 Å². The van der Waals surface area contributed by atoms with E-state index in [1.165, 1.54) is 31.3 Å². The van der Waals surface area contributed by atoms with Gasteiger partial charge in [0.1, 0.15) is 0 Å². The van der Waals surface area contributed by atoms with Crippen LogP contribution in [0.1, 0.15) is 53.4 Å². The minimum atomic E-state index is -0.227. The summed E-state index contributed by atoms with van der Waals surface area (Å²) in [6.45, 7) is 10.3. The van der Waals surface area contributed by atoms with Crippen molar-refractivity contribution in [2.45, 2.75) is 64.6 Å². The van der Waals surface area contributed by atoms with Crippen molar-refractivity contribution in [1.82, 2.24) is 0 Å². The summed E-state index contributed by atoms with van der Waals surface area (Å²) in [5, 5.41) is 0. The Morgan fingerprint density at radius 2 is 1.47 bits per heavy atom. The first-order valence-corrected chi connectivity index (χ1v) is 7.45. The smallest absolute Gasteiger partial charge is 0.400 e. The Bertz CT molecular complexity index is 368. The van der Waals surface area contributed by atoms with E-state index in [-0.39, 0.29) is 18.3 Å². The average Bonchev–Trinajstić information content (AvgIpc) is 2.46. The van der Waals surface area contributed by atoms with E-state index in [1.807, 2.05) is 0 Å². The molecule has 0 aromatic rings. The largest absolute Gasteiger partial charge is 0.487 e. The first-order chi connectivity index (χ1) is 8.82. The molecule has 3 rings (SSSR count). The molecule has 3 nitrogen and oxygen atoms in total. The van der Waals surface area contributed by atoms with Crippen molar-refractivity contribution < 1.29 is 14.0 Å². The lowest BCUT2D eigenvalue weighted by Crippen LogP contribution is -2.41. The fourth-order valence-corrected chi connectivity index (χ4v) is 3.34. The molecule has 3 aliphatic rings. The van der Waals surface area contributed by atoms with E-state index in [0.717, 1.165) is 13.2 Å². The number of ether oxygens (including phenoxy) is 1. The molecule has 2 heterocycles.